The fraction of sp³-hybridized carbons (Fsp3) is 0.174. The molecule has 0 aromatic heterocycles. The first-order chi connectivity index (χ1) is 14.4. The molecule has 7 nitrogen and oxygen atoms in total. The van der Waals surface area contributed by atoms with Crippen molar-refractivity contribution in [1.82, 2.24) is 5.06 Å². The molecule has 1 N–H and O–H groups in total. The molecule has 0 saturated carbocycles. The van der Waals surface area contributed by atoms with Crippen LogP contribution >= 0.6 is 0 Å². The van der Waals surface area contributed by atoms with Crippen molar-refractivity contribution in [3.8, 4) is 11.5 Å². The normalized spacial score (nSPS) is 16.8. The molecular weight excluding hydrogens is 382 g/mol. The molecule has 2 heterocycles. The van der Waals surface area contributed by atoms with Crippen molar-refractivity contribution in [2.45, 2.75) is 20.5 Å². The van der Waals surface area contributed by atoms with Crippen molar-refractivity contribution in [3.05, 3.63) is 76.6 Å². The van der Waals surface area contributed by atoms with Crippen LogP contribution < -0.4 is 9.47 Å². The smallest absolute Gasteiger partial charge is 0.282 e. The molecule has 1 amide bonds. The molecule has 0 saturated heterocycles. The van der Waals surface area contributed by atoms with Gasteiger partial charge in [0.25, 0.3) is 5.91 Å². The highest BCUT2D eigenvalue weighted by atomic mass is 16.7. The maximum atomic E-state index is 12.4. The zero-order valence-corrected chi connectivity index (χ0v) is 16.9. The average Bonchev–Trinajstić information content (AvgIpc) is 3.11. The van der Waals surface area contributed by atoms with Crippen LogP contribution in [0, 0.1) is 12.3 Å². The number of carbonyl (C=O) groups is 1. The van der Waals surface area contributed by atoms with Gasteiger partial charge in [-0.05, 0) is 43.2 Å². The summed E-state index contributed by atoms with van der Waals surface area (Å²) in [6, 6.07) is 13.5. The Morgan fingerprint density at radius 3 is 2.63 bits per heavy atom. The Morgan fingerprint density at radius 2 is 1.90 bits per heavy atom. The second-order valence-corrected chi connectivity index (χ2v) is 7.01. The first kappa shape index (κ1) is 19.4. The quantitative estimate of drug-likeness (QED) is 0.762. The zero-order valence-electron chi connectivity index (χ0n) is 16.9. The molecule has 0 unspecified atom stereocenters. The van der Waals surface area contributed by atoms with E-state index in [2.05, 4.69) is 4.99 Å². The van der Waals surface area contributed by atoms with Gasteiger partial charge in [0.15, 0.2) is 23.2 Å². The highest BCUT2D eigenvalue weighted by Crippen LogP contribution is 2.31. The minimum atomic E-state index is -0.487. The van der Waals surface area contributed by atoms with E-state index >= 15 is 0 Å². The van der Waals surface area contributed by atoms with Crippen molar-refractivity contribution >= 4 is 23.7 Å². The number of aliphatic imine (C=N–C) groups is 1. The van der Waals surface area contributed by atoms with Crippen LogP contribution in [-0.4, -0.2) is 29.8 Å². The van der Waals surface area contributed by atoms with E-state index in [1.165, 1.54) is 10.6 Å². The number of benzene rings is 2. The Balaban J connectivity index is 1.55. The summed E-state index contributed by atoms with van der Waals surface area (Å²) in [7, 11) is 1.56. The number of allylic oxidation sites excluding steroid dienone is 1. The largest absolute Gasteiger partial charge is 0.493 e. The van der Waals surface area contributed by atoms with Gasteiger partial charge in [-0.3, -0.25) is 10.2 Å². The van der Waals surface area contributed by atoms with Gasteiger partial charge in [-0.15, -0.1) is 5.06 Å². The molecule has 4 rings (SSSR count). The van der Waals surface area contributed by atoms with Crippen LogP contribution in [-0.2, 0) is 16.2 Å². The van der Waals surface area contributed by atoms with Crippen LogP contribution in [0.15, 0.2) is 64.9 Å². The monoisotopic (exact) mass is 403 g/mol. The lowest BCUT2D eigenvalue weighted by Crippen LogP contribution is -2.38. The number of fused-ring (bicyclic) bond motifs is 1. The van der Waals surface area contributed by atoms with Crippen molar-refractivity contribution in [2.75, 3.05) is 7.11 Å². The van der Waals surface area contributed by atoms with Gasteiger partial charge in [0.05, 0.1) is 12.7 Å². The second-order valence-electron chi connectivity index (χ2n) is 7.01. The molecule has 0 spiro atoms. The molecule has 30 heavy (non-hydrogen) atoms. The average molecular weight is 403 g/mol. The summed E-state index contributed by atoms with van der Waals surface area (Å²) in [6.07, 6.45) is 3.21. The second kappa shape index (κ2) is 7.87. The van der Waals surface area contributed by atoms with Gasteiger partial charge in [-0.2, -0.15) is 4.99 Å². The predicted molar refractivity (Wildman–Crippen MR) is 113 cm³/mol. The van der Waals surface area contributed by atoms with Crippen LogP contribution in [0.1, 0.15) is 23.6 Å². The summed E-state index contributed by atoms with van der Waals surface area (Å²) in [5.41, 5.74) is 3.07. The van der Waals surface area contributed by atoms with E-state index in [4.69, 9.17) is 19.7 Å². The lowest BCUT2D eigenvalue weighted by molar-refractivity contribution is -0.114. The summed E-state index contributed by atoms with van der Waals surface area (Å²) in [5, 5.41) is 9.54. The Bertz CT molecular complexity index is 1110. The maximum absolute atomic E-state index is 12.4. The van der Waals surface area contributed by atoms with E-state index in [0.29, 0.717) is 35.3 Å². The number of hydrogen-bond donors (Lipinski definition) is 1. The fourth-order valence-electron chi connectivity index (χ4n) is 3.11. The number of carbonyl (C=O) groups excluding carboxylic acids is 1. The minimum absolute atomic E-state index is 0.0586. The van der Waals surface area contributed by atoms with Gasteiger partial charge in [-0.25, -0.2) is 0 Å². The molecule has 152 valence electrons. The van der Waals surface area contributed by atoms with E-state index in [-0.39, 0.29) is 11.4 Å². The summed E-state index contributed by atoms with van der Waals surface area (Å²) >= 11 is 0. The Hall–Kier alpha value is -3.87. The van der Waals surface area contributed by atoms with Gasteiger partial charge in [0, 0.05) is 6.08 Å². The minimum Gasteiger partial charge on any atom is -0.493 e. The van der Waals surface area contributed by atoms with Crippen LogP contribution in [0.25, 0.3) is 6.08 Å². The highest BCUT2D eigenvalue weighted by Gasteiger charge is 2.34. The maximum Gasteiger partial charge on any atom is 0.282 e. The van der Waals surface area contributed by atoms with Crippen molar-refractivity contribution < 1.29 is 19.1 Å². The molecule has 0 fully saturated rings. The Morgan fingerprint density at radius 1 is 1.13 bits per heavy atom. The topological polar surface area (TPSA) is 84.2 Å². The summed E-state index contributed by atoms with van der Waals surface area (Å²) in [5.74, 6) is 1.47. The lowest BCUT2D eigenvalue weighted by Gasteiger charge is -2.23. The van der Waals surface area contributed by atoms with E-state index in [9.17, 15) is 4.79 Å². The molecule has 2 aromatic rings. The first-order valence-corrected chi connectivity index (χ1v) is 9.41. The molecule has 0 radical (unpaired) electrons. The van der Waals surface area contributed by atoms with E-state index < -0.39 is 5.91 Å². The van der Waals surface area contributed by atoms with E-state index in [1.54, 1.807) is 44.4 Å². The molecule has 2 aliphatic rings. The van der Waals surface area contributed by atoms with Gasteiger partial charge in [0.2, 0.25) is 0 Å². The zero-order chi connectivity index (χ0) is 21.3. The Kier molecular flexibility index (Phi) is 5.10. The van der Waals surface area contributed by atoms with Gasteiger partial charge >= 0.3 is 0 Å². The summed E-state index contributed by atoms with van der Waals surface area (Å²) in [6.45, 7) is 4.19. The Labute approximate surface area is 174 Å². The molecule has 0 atom stereocenters. The number of rotatable bonds is 5. The van der Waals surface area contributed by atoms with E-state index in [0.717, 1.165) is 5.56 Å². The van der Waals surface area contributed by atoms with Gasteiger partial charge in [0.1, 0.15) is 12.4 Å². The molecular formula is C23H21N3O4. The summed E-state index contributed by atoms with van der Waals surface area (Å²) < 4.78 is 11.4. The number of hydrogen-bond acceptors (Lipinski definition) is 5. The van der Waals surface area contributed by atoms with Crippen molar-refractivity contribution in [3.63, 3.8) is 0 Å². The standard InChI is InChI=1S/C23H21N3O4/c1-14-4-6-16(7-5-14)13-29-19-9-8-17(12-20(19)28-3)11-18-22(24)26-21(25-23(18)27)10-15(2)30-26/h4-12,24H,13H2,1-3H3/b18-11-,24-22?. The third kappa shape index (κ3) is 3.82. The number of hydroxylamine groups is 2. The molecule has 2 aromatic carbocycles. The number of amides is 1. The molecule has 7 heteroatoms. The SMILES string of the molecule is COc1cc(/C=C2/C(=N)N3OC(C)=CC3=NC2=O)ccc1OCc1ccc(C)cc1. The fourth-order valence-corrected chi connectivity index (χ4v) is 3.11. The molecule has 0 aliphatic carbocycles. The third-order valence-corrected chi connectivity index (χ3v) is 4.69. The predicted octanol–water partition coefficient (Wildman–Crippen LogP) is 4.03. The van der Waals surface area contributed by atoms with Gasteiger partial charge in [-0.1, -0.05) is 35.9 Å². The van der Waals surface area contributed by atoms with Crippen LogP contribution in [0.2, 0.25) is 0 Å². The van der Waals surface area contributed by atoms with Crippen LogP contribution in [0.3, 0.4) is 0 Å². The number of methoxy groups -OCH3 is 1. The van der Waals surface area contributed by atoms with Crippen LogP contribution in [0.5, 0.6) is 11.5 Å². The number of ether oxygens (including phenoxy) is 2. The molecule has 0 bridgehead atoms. The van der Waals surface area contributed by atoms with E-state index in [1.807, 2.05) is 31.2 Å². The number of aryl methyl sites for hydroxylation is 1. The number of amidine groups is 2. The summed E-state index contributed by atoms with van der Waals surface area (Å²) in [4.78, 5) is 21.8. The lowest BCUT2D eigenvalue weighted by atomic mass is 10.1. The number of nitrogens with one attached hydrogen (secondary N) is 1. The molecule has 2 aliphatic heterocycles. The number of nitrogens with zero attached hydrogens (tertiary/aromatic N) is 2. The highest BCUT2D eigenvalue weighted by molar-refractivity contribution is 6.32. The third-order valence-electron chi connectivity index (χ3n) is 4.69. The van der Waals surface area contributed by atoms with Crippen LogP contribution in [0.4, 0.5) is 0 Å². The van der Waals surface area contributed by atoms with Crippen molar-refractivity contribution in [1.29, 1.82) is 5.41 Å². The van der Waals surface area contributed by atoms with Gasteiger partial charge < -0.3 is 14.3 Å². The van der Waals surface area contributed by atoms with Crippen molar-refractivity contribution in [2.24, 2.45) is 4.99 Å². The first-order valence-electron chi connectivity index (χ1n) is 9.41.